The van der Waals surface area contributed by atoms with E-state index in [0.29, 0.717) is 24.9 Å². The van der Waals surface area contributed by atoms with E-state index in [9.17, 15) is 21.6 Å². The standard InChI is InChI=1S/C23H32N2O2S.C2HF3O2/c1-4-14-28(26,27)25(3)17-19-10-11-20-12-13-23(24-2)22(21(20)16-19)15-18-8-6-5-7-9-18;3-2(4,5)1(6)7/h5-11,16,22-24H,4,12-15,17H2,1-3H3;(H,6,7). The molecule has 2 N–H and O–H groups in total. The van der Waals surface area contributed by atoms with Gasteiger partial charge in [-0.1, -0.05) is 55.5 Å². The lowest BCUT2D eigenvalue weighted by Crippen LogP contribution is -2.37. The van der Waals surface area contributed by atoms with E-state index in [1.807, 2.05) is 14.0 Å². The lowest BCUT2D eigenvalue weighted by Gasteiger charge is -2.34. The Balaban J connectivity index is 0.000000540. The molecule has 2 atom stereocenters. The third-order valence-corrected chi connectivity index (χ3v) is 8.08. The number of carbonyl (C=O) groups is 1. The first kappa shape index (κ1) is 28.8. The summed E-state index contributed by atoms with van der Waals surface area (Å²) in [6, 6.07) is 17.6. The number of aliphatic carboxylic acids is 1. The minimum atomic E-state index is -5.08. The molecule has 3 rings (SSSR count). The average molecular weight is 515 g/mol. The Hall–Kier alpha value is -2.43. The molecule has 0 saturated heterocycles. The largest absolute Gasteiger partial charge is 0.490 e. The van der Waals surface area contributed by atoms with E-state index in [1.165, 1.54) is 21.0 Å². The van der Waals surface area contributed by atoms with Crippen LogP contribution >= 0.6 is 0 Å². The Morgan fingerprint density at radius 3 is 2.31 bits per heavy atom. The summed E-state index contributed by atoms with van der Waals surface area (Å²) in [5.74, 6) is -2.16. The first-order valence-corrected chi connectivity index (χ1v) is 13.1. The molecule has 0 aliphatic heterocycles. The van der Waals surface area contributed by atoms with Crippen molar-refractivity contribution in [3.05, 3.63) is 70.8 Å². The molecule has 0 radical (unpaired) electrons. The Morgan fingerprint density at radius 1 is 1.14 bits per heavy atom. The lowest BCUT2D eigenvalue weighted by atomic mass is 9.75. The number of carboxylic acid groups (broad SMARTS) is 1. The molecule has 0 fully saturated rings. The maximum atomic E-state index is 12.3. The molecule has 2 aromatic rings. The molecule has 0 bridgehead atoms. The fraction of sp³-hybridized carbons (Fsp3) is 0.480. The number of alkyl halides is 3. The van der Waals surface area contributed by atoms with Crippen LogP contribution in [0, 0.1) is 0 Å². The summed E-state index contributed by atoms with van der Waals surface area (Å²) < 4.78 is 57.9. The summed E-state index contributed by atoms with van der Waals surface area (Å²) in [4.78, 5) is 8.90. The minimum absolute atomic E-state index is 0.201. The fourth-order valence-corrected chi connectivity index (χ4v) is 5.45. The zero-order chi connectivity index (χ0) is 26.2. The third-order valence-electron chi connectivity index (χ3n) is 6.07. The predicted molar refractivity (Wildman–Crippen MR) is 130 cm³/mol. The van der Waals surface area contributed by atoms with Crippen LogP contribution in [0.5, 0.6) is 0 Å². The second-order valence-electron chi connectivity index (χ2n) is 8.64. The number of nitrogens with zero attached hydrogens (tertiary/aromatic N) is 1. The van der Waals surface area contributed by atoms with Crippen LogP contribution in [0.15, 0.2) is 48.5 Å². The summed E-state index contributed by atoms with van der Waals surface area (Å²) in [7, 11) is 0.541. The monoisotopic (exact) mass is 514 g/mol. The van der Waals surface area contributed by atoms with E-state index < -0.39 is 22.2 Å². The van der Waals surface area contributed by atoms with Gasteiger partial charge < -0.3 is 10.4 Å². The molecule has 0 aromatic heterocycles. The van der Waals surface area contributed by atoms with E-state index >= 15 is 0 Å². The zero-order valence-corrected chi connectivity index (χ0v) is 21.0. The number of halogens is 3. The number of likely N-dealkylation sites (N-methyl/N-ethyl adjacent to an activating group) is 1. The van der Waals surface area contributed by atoms with E-state index in [-0.39, 0.29) is 5.75 Å². The number of rotatable bonds is 8. The molecular formula is C25H33F3N2O4S. The SMILES string of the molecule is CCCS(=O)(=O)N(C)Cc1ccc2c(c1)C(Cc1ccccc1)C(NC)CC2.O=C(O)C(F)(F)F. The van der Waals surface area contributed by atoms with Gasteiger partial charge in [0.2, 0.25) is 10.0 Å². The van der Waals surface area contributed by atoms with Gasteiger partial charge in [-0.25, -0.2) is 17.5 Å². The maximum absolute atomic E-state index is 12.3. The van der Waals surface area contributed by atoms with Crippen LogP contribution in [0.2, 0.25) is 0 Å². The van der Waals surface area contributed by atoms with Gasteiger partial charge in [0, 0.05) is 25.6 Å². The summed E-state index contributed by atoms with van der Waals surface area (Å²) in [5.41, 5.74) is 5.17. The van der Waals surface area contributed by atoms with Gasteiger partial charge in [-0.15, -0.1) is 0 Å². The second kappa shape index (κ2) is 12.5. The number of carboxylic acids is 1. The molecule has 10 heteroatoms. The van der Waals surface area contributed by atoms with E-state index in [4.69, 9.17) is 9.90 Å². The number of nitrogens with one attached hydrogen (secondary N) is 1. The Bertz CT molecular complexity index is 1080. The zero-order valence-electron chi connectivity index (χ0n) is 20.2. The normalized spacial score (nSPS) is 17.9. The summed E-state index contributed by atoms with van der Waals surface area (Å²) in [6.45, 7) is 2.33. The Labute approximate surface area is 205 Å². The first-order chi connectivity index (χ1) is 16.4. The highest BCUT2D eigenvalue weighted by atomic mass is 32.2. The van der Waals surface area contributed by atoms with Gasteiger partial charge in [-0.3, -0.25) is 0 Å². The molecule has 1 aliphatic rings. The first-order valence-electron chi connectivity index (χ1n) is 11.5. The van der Waals surface area contributed by atoms with Crippen LogP contribution in [0.4, 0.5) is 13.2 Å². The summed E-state index contributed by atoms with van der Waals surface area (Å²) >= 11 is 0. The number of hydrogen-bond donors (Lipinski definition) is 2. The van der Waals surface area contributed by atoms with E-state index in [0.717, 1.165) is 24.8 Å². The quantitative estimate of drug-likeness (QED) is 0.547. The van der Waals surface area contributed by atoms with Crippen LogP contribution in [-0.4, -0.2) is 55.9 Å². The van der Waals surface area contributed by atoms with Gasteiger partial charge in [0.25, 0.3) is 0 Å². The summed E-state index contributed by atoms with van der Waals surface area (Å²) in [6.07, 6.45) is -1.26. The molecular weight excluding hydrogens is 481 g/mol. The molecule has 0 spiro atoms. The van der Waals surface area contributed by atoms with Crippen molar-refractivity contribution < 1.29 is 31.5 Å². The van der Waals surface area contributed by atoms with Crippen molar-refractivity contribution in [2.24, 2.45) is 0 Å². The highest BCUT2D eigenvalue weighted by Gasteiger charge is 2.38. The lowest BCUT2D eigenvalue weighted by molar-refractivity contribution is -0.192. The molecule has 194 valence electrons. The van der Waals surface area contributed by atoms with Crippen LogP contribution in [0.1, 0.15) is 47.9 Å². The van der Waals surface area contributed by atoms with Crippen molar-refractivity contribution >= 4 is 16.0 Å². The number of sulfonamides is 1. The third kappa shape index (κ3) is 8.33. The second-order valence-corrected chi connectivity index (χ2v) is 10.8. The molecule has 0 heterocycles. The highest BCUT2D eigenvalue weighted by Crippen LogP contribution is 2.35. The van der Waals surface area contributed by atoms with Crippen molar-refractivity contribution in [3.63, 3.8) is 0 Å². The van der Waals surface area contributed by atoms with Gasteiger partial charge in [0.1, 0.15) is 0 Å². The van der Waals surface area contributed by atoms with Gasteiger partial charge >= 0.3 is 12.1 Å². The van der Waals surface area contributed by atoms with Crippen LogP contribution < -0.4 is 5.32 Å². The predicted octanol–water partition coefficient (Wildman–Crippen LogP) is 4.35. The minimum Gasteiger partial charge on any atom is -0.475 e. The van der Waals surface area contributed by atoms with Crippen molar-refractivity contribution in [2.75, 3.05) is 19.8 Å². The molecule has 1 aliphatic carbocycles. The van der Waals surface area contributed by atoms with Gasteiger partial charge in [-0.2, -0.15) is 13.2 Å². The van der Waals surface area contributed by atoms with Crippen molar-refractivity contribution in [1.29, 1.82) is 0 Å². The number of hydrogen-bond acceptors (Lipinski definition) is 4. The van der Waals surface area contributed by atoms with Crippen LogP contribution in [-0.2, 0) is 34.2 Å². The maximum Gasteiger partial charge on any atom is 0.490 e. The molecule has 35 heavy (non-hydrogen) atoms. The molecule has 6 nitrogen and oxygen atoms in total. The van der Waals surface area contributed by atoms with E-state index in [1.54, 1.807) is 7.05 Å². The molecule has 0 saturated carbocycles. The number of aryl methyl sites for hydroxylation is 1. The fourth-order valence-electron chi connectivity index (χ4n) is 4.28. The van der Waals surface area contributed by atoms with Crippen molar-refractivity contribution in [2.45, 2.75) is 57.3 Å². The van der Waals surface area contributed by atoms with Crippen LogP contribution in [0.25, 0.3) is 0 Å². The van der Waals surface area contributed by atoms with Gasteiger partial charge in [-0.05, 0) is 55.0 Å². The topological polar surface area (TPSA) is 86.7 Å². The van der Waals surface area contributed by atoms with Gasteiger partial charge in [0.05, 0.1) is 5.75 Å². The van der Waals surface area contributed by atoms with Crippen molar-refractivity contribution in [3.8, 4) is 0 Å². The van der Waals surface area contributed by atoms with Gasteiger partial charge in [0.15, 0.2) is 0 Å². The molecule has 2 aromatic carbocycles. The molecule has 0 amide bonds. The number of fused-ring (bicyclic) bond motifs is 1. The molecule has 2 unspecified atom stereocenters. The number of benzene rings is 2. The van der Waals surface area contributed by atoms with Crippen molar-refractivity contribution in [1.82, 2.24) is 9.62 Å². The highest BCUT2D eigenvalue weighted by molar-refractivity contribution is 7.89. The average Bonchev–Trinajstić information content (AvgIpc) is 2.80. The summed E-state index contributed by atoms with van der Waals surface area (Å²) in [5, 5.41) is 10.6. The van der Waals surface area contributed by atoms with E-state index in [2.05, 4.69) is 53.8 Å². The smallest absolute Gasteiger partial charge is 0.475 e. The van der Waals surface area contributed by atoms with Crippen LogP contribution in [0.3, 0.4) is 0 Å². The Kier molecular flexibility index (Phi) is 10.3. The Morgan fingerprint density at radius 2 is 1.77 bits per heavy atom.